The largest absolute Gasteiger partial charge is 0.280 e. The van der Waals surface area contributed by atoms with Crippen LogP contribution in [0.3, 0.4) is 0 Å². The van der Waals surface area contributed by atoms with E-state index in [-0.39, 0.29) is 6.42 Å². The summed E-state index contributed by atoms with van der Waals surface area (Å²) in [6.45, 7) is 0. The number of carbonyl (C=O) groups excluding carboxylic acids is 3. The predicted molar refractivity (Wildman–Crippen MR) is 73.0 cm³/mol. The molecule has 3 amide bonds. The van der Waals surface area contributed by atoms with E-state index in [4.69, 9.17) is 0 Å². The summed E-state index contributed by atoms with van der Waals surface area (Å²) in [7, 11) is 0. The third-order valence-corrected chi connectivity index (χ3v) is 3.12. The third kappa shape index (κ3) is 2.38. The molecule has 1 aliphatic rings. The molecule has 0 saturated heterocycles. The molecule has 2 heterocycles. The number of hydrogen-bond acceptors (Lipinski definition) is 4. The Labute approximate surface area is 120 Å². The summed E-state index contributed by atoms with van der Waals surface area (Å²) in [5.41, 5.74) is 3.63. The molecule has 21 heavy (non-hydrogen) atoms. The SMILES string of the molecule is O=C(Cc1cccnc1)NN1C(=O)c2ccccc2C1=O. The van der Waals surface area contributed by atoms with Gasteiger partial charge in [0.05, 0.1) is 17.5 Å². The molecule has 6 heteroatoms. The van der Waals surface area contributed by atoms with Crippen LogP contribution in [0.5, 0.6) is 0 Å². The zero-order valence-electron chi connectivity index (χ0n) is 10.9. The number of nitrogens with one attached hydrogen (secondary N) is 1. The molecule has 2 aromatic rings. The molecule has 0 radical (unpaired) electrons. The molecular formula is C15H11N3O3. The average Bonchev–Trinajstić information content (AvgIpc) is 2.74. The lowest BCUT2D eigenvalue weighted by atomic mass is 10.1. The fraction of sp³-hybridized carbons (Fsp3) is 0.0667. The third-order valence-electron chi connectivity index (χ3n) is 3.12. The van der Waals surface area contributed by atoms with Crippen LogP contribution in [0.1, 0.15) is 26.3 Å². The van der Waals surface area contributed by atoms with Crippen molar-refractivity contribution in [2.75, 3.05) is 0 Å². The van der Waals surface area contributed by atoms with E-state index in [2.05, 4.69) is 10.4 Å². The van der Waals surface area contributed by atoms with Crippen molar-refractivity contribution < 1.29 is 14.4 Å². The molecule has 0 fully saturated rings. The van der Waals surface area contributed by atoms with Crippen molar-refractivity contribution in [1.29, 1.82) is 0 Å². The molecule has 3 rings (SSSR count). The fourth-order valence-corrected chi connectivity index (χ4v) is 2.14. The molecule has 6 nitrogen and oxygen atoms in total. The number of aromatic nitrogens is 1. The summed E-state index contributed by atoms with van der Waals surface area (Å²) in [4.78, 5) is 40.0. The Kier molecular flexibility index (Phi) is 3.19. The maximum atomic E-state index is 12.1. The Morgan fingerprint density at radius 1 is 1.05 bits per heavy atom. The molecule has 0 saturated carbocycles. The van der Waals surface area contributed by atoms with E-state index in [1.807, 2.05) is 0 Å². The van der Waals surface area contributed by atoms with Crippen LogP contribution in [0, 0.1) is 0 Å². The smallest absolute Gasteiger partial charge is 0.273 e. The summed E-state index contributed by atoms with van der Waals surface area (Å²) in [5, 5.41) is 0.753. The lowest BCUT2D eigenvalue weighted by Crippen LogP contribution is -2.46. The lowest BCUT2D eigenvalue weighted by Gasteiger charge is -2.14. The number of hydrogen-bond donors (Lipinski definition) is 1. The Bertz CT molecular complexity index is 693. The predicted octanol–water partition coefficient (Wildman–Crippen LogP) is 0.952. The highest BCUT2D eigenvalue weighted by molar-refractivity contribution is 6.21. The zero-order chi connectivity index (χ0) is 14.8. The maximum Gasteiger partial charge on any atom is 0.280 e. The van der Waals surface area contributed by atoms with E-state index in [9.17, 15) is 14.4 Å². The highest BCUT2D eigenvalue weighted by Gasteiger charge is 2.36. The minimum absolute atomic E-state index is 0.0429. The summed E-state index contributed by atoms with van der Waals surface area (Å²) < 4.78 is 0. The van der Waals surface area contributed by atoms with Crippen molar-refractivity contribution in [3.05, 3.63) is 65.5 Å². The van der Waals surface area contributed by atoms with Crippen molar-refractivity contribution in [1.82, 2.24) is 15.4 Å². The number of nitrogens with zero attached hydrogens (tertiary/aromatic N) is 2. The van der Waals surface area contributed by atoms with Crippen LogP contribution >= 0.6 is 0 Å². The van der Waals surface area contributed by atoms with Crippen molar-refractivity contribution in [2.45, 2.75) is 6.42 Å². The molecule has 1 N–H and O–H groups in total. The molecule has 1 aromatic heterocycles. The van der Waals surface area contributed by atoms with Crippen molar-refractivity contribution in [3.63, 3.8) is 0 Å². The number of pyridine rings is 1. The first-order valence-electron chi connectivity index (χ1n) is 6.33. The van der Waals surface area contributed by atoms with Crippen molar-refractivity contribution in [3.8, 4) is 0 Å². The monoisotopic (exact) mass is 281 g/mol. The molecule has 0 spiro atoms. The summed E-state index contributed by atoms with van der Waals surface area (Å²) in [5.74, 6) is -1.48. The quantitative estimate of drug-likeness (QED) is 0.850. The number of carbonyl (C=O) groups is 3. The van der Waals surface area contributed by atoms with E-state index in [1.54, 1.807) is 48.8 Å². The van der Waals surface area contributed by atoms with Crippen LogP contribution in [0.25, 0.3) is 0 Å². The first kappa shape index (κ1) is 13.0. The number of imide groups is 1. The normalized spacial score (nSPS) is 13.2. The van der Waals surface area contributed by atoms with Gasteiger partial charge < -0.3 is 0 Å². The van der Waals surface area contributed by atoms with Gasteiger partial charge in [-0.1, -0.05) is 18.2 Å². The van der Waals surface area contributed by atoms with Crippen molar-refractivity contribution in [2.24, 2.45) is 0 Å². The van der Waals surface area contributed by atoms with E-state index in [1.165, 1.54) is 0 Å². The minimum atomic E-state index is -0.518. The average molecular weight is 281 g/mol. The van der Waals surface area contributed by atoms with E-state index >= 15 is 0 Å². The van der Waals surface area contributed by atoms with Crippen molar-refractivity contribution >= 4 is 17.7 Å². The summed E-state index contributed by atoms with van der Waals surface area (Å²) >= 11 is 0. The zero-order valence-corrected chi connectivity index (χ0v) is 10.9. The van der Waals surface area contributed by atoms with Gasteiger partial charge in [-0.25, -0.2) is 0 Å². The van der Waals surface area contributed by atoms with Crippen LogP contribution in [-0.4, -0.2) is 27.7 Å². The molecule has 1 aromatic carbocycles. The standard InChI is InChI=1S/C15H11N3O3/c19-13(8-10-4-3-7-16-9-10)17-18-14(20)11-5-1-2-6-12(11)15(18)21/h1-7,9H,8H2,(H,17,19). The molecule has 0 atom stereocenters. The van der Waals surface area contributed by atoms with Gasteiger partial charge in [-0.15, -0.1) is 0 Å². The number of amides is 3. The van der Waals surface area contributed by atoms with Crippen LogP contribution < -0.4 is 5.43 Å². The topological polar surface area (TPSA) is 79.4 Å². The fourth-order valence-electron chi connectivity index (χ4n) is 2.14. The minimum Gasteiger partial charge on any atom is -0.273 e. The van der Waals surface area contributed by atoms with Gasteiger partial charge in [-0.3, -0.25) is 24.8 Å². The van der Waals surface area contributed by atoms with Crippen LogP contribution in [0.2, 0.25) is 0 Å². The second kappa shape index (κ2) is 5.16. The van der Waals surface area contributed by atoms with Gasteiger partial charge in [-0.05, 0) is 23.8 Å². The first-order chi connectivity index (χ1) is 10.2. The molecule has 0 aliphatic carbocycles. The van der Waals surface area contributed by atoms with E-state index in [0.717, 1.165) is 5.01 Å². The first-order valence-corrected chi connectivity index (χ1v) is 6.33. The molecule has 0 unspecified atom stereocenters. The molecular weight excluding hydrogens is 270 g/mol. The Morgan fingerprint density at radius 3 is 2.29 bits per heavy atom. The highest BCUT2D eigenvalue weighted by Crippen LogP contribution is 2.20. The molecule has 104 valence electrons. The van der Waals surface area contributed by atoms with E-state index < -0.39 is 17.7 Å². The van der Waals surface area contributed by atoms with Crippen LogP contribution in [0.15, 0.2) is 48.8 Å². The van der Waals surface area contributed by atoms with Gasteiger partial charge in [-0.2, -0.15) is 5.01 Å². The molecule has 1 aliphatic heterocycles. The van der Waals surface area contributed by atoms with Gasteiger partial charge in [0.15, 0.2) is 0 Å². The Balaban J connectivity index is 1.73. The summed E-state index contributed by atoms with van der Waals surface area (Å²) in [6.07, 6.45) is 3.20. The number of hydrazine groups is 1. The van der Waals surface area contributed by atoms with Gasteiger partial charge in [0.25, 0.3) is 11.8 Å². The second-order valence-corrected chi connectivity index (χ2v) is 4.56. The second-order valence-electron chi connectivity index (χ2n) is 4.56. The van der Waals surface area contributed by atoms with Gasteiger partial charge in [0.2, 0.25) is 5.91 Å². The number of benzene rings is 1. The van der Waals surface area contributed by atoms with Gasteiger partial charge in [0, 0.05) is 12.4 Å². The van der Waals surface area contributed by atoms with E-state index in [0.29, 0.717) is 16.7 Å². The van der Waals surface area contributed by atoms with Crippen LogP contribution in [-0.2, 0) is 11.2 Å². The number of rotatable bonds is 3. The Morgan fingerprint density at radius 2 is 1.71 bits per heavy atom. The summed E-state index contributed by atoms with van der Waals surface area (Å²) in [6, 6.07) is 9.92. The van der Waals surface area contributed by atoms with Gasteiger partial charge >= 0.3 is 0 Å². The highest BCUT2D eigenvalue weighted by atomic mass is 16.2. The Hall–Kier alpha value is -3.02. The number of fused-ring (bicyclic) bond motifs is 1. The van der Waals surface area contributed by atoms with Crippen LogP contribution in [0.4, 0.5) is 0 Å². The molecule has 0 bridgehead atoms. The van der Waals surface area contributed by atoms with Gasteiger partial charge in [0.1, 0.15) is 0 Å². The maximum absolute atomic E-state index is 12.1. The lowest BCUT2D eigenvalue weighted by molar-refractivity contribution is -0.123.